The summed E-state index contributed by atoms with van der Waals surface area (Å²) in [4.78, 5) is 12.1. The minimum atomic E-state index is 0. The highest BCUT2D eigenvalue weighted by atomic mass is 35.5. The summed E-state index contributed by atoms with van der Waals surface area (Å²) in [5, 5.41) is 6.33. The lowest BCUT2D eigenvalue weighted by Crippen LogP contribution is -2.28. The molecule has 1 aliphatic heterocycles. The Hall–Kier alpha value is -1.26. The third-order valence-corrected chi connectivity index (χ3v) is 3.95. The molecule has 2 rings (SSSR count). The molecule has 5 heteroatoms. The molecule has 124 valence electrons. The Morgan fingerprint density at radius 2 is 2.09 bits per heavy atom. The first-order valence-corrected chi connectivity index (χ1v) is 7.93. The zero-order valence-electron chi connectivity index (χ0n) is 13.5. The van der Waals surface area contributed by atoms with Crippen molar-refractivity contribution in [3.05, 3.63) is 23.8 Å². The number of rotatable bonds is 6. The predicted molar refractivity (Wildman–Crippen MR) is 93.1 cm³/mol. The Balaban J connectivity index is 0.00000242. The quantitative estimate of drug-likeness (QED) is 0.840. The summed E-state index contributed by atoms with van der Waals surface area (Å²) in [6.45, 7) is 6.73. The number of carbonyl (C=O) groups excluding carboxylic acids is 1. The van der Waals surface area contributed by atoms with Crippen LogP contribution in [0.2, 0.25) is 0 Å². The van der Waals surface area contributed by atoms with E-state index in [4.69, 9.17) is 4.74 Å². The number of anilines is 1. The minimum Gasteiger partial charge on any atom is -0.492 e. The average Bonchev–Trinajstić information content (AvgIpc) is 2.49. The third kappa shape index (κ3) is 5.85. The van der Waals surface area contributed by atoms with E-state index in [0.717, 1.165) is 36.5 Å². The van der Waals surface area contributed by atoms with Crippen LogP contribution in [0.5, 0.6) is 5.75 Å². The van der Waals surface area contributed by atoms with E-state index in [1.54, 1.807) is 0 Å². The van der Waals surface area contributed by atoms with Crippen LogP contribution in [-0.4, -0.2) is 25.6 Å². The van der Waals surface area contributed by atoms with Gasteiger partial charge in [-0.25, -0.2) is 0 Å². The molecule has 1 saturated heterocycles. The van der Waals surface area contributed by atoms with Gasteiger partial charge in [0.25, 0.3) is 0 Å². The van der Waals surface area contributed by atoms with Crippen molar-refractivity contribution in [3.8, 4) is 5.75 Å². The molecule has 0 atom stereocenters. The Labute approximate surface area is 139 Å². The Kier molecular flexibility index (Phi) is 8.28. The predicted octanol–water partition coefficient (Wildman–Crippen LogP) is 3.53. The van der Waals surface area contributed by atoms with Crippen LogP contribution in [0.4, 0.5) is 5.69 Å². The molecule has 1 heterocycles. The lowest BCUT2D eigenvalue weighted by molar-refractivity contribution is -0.116. The normalized spacial score (nSPS) is 15.0. The third-order valence-electron chi connectivity index (χ3n) is 3.95. The standard InChI is InChI=1S/C17H26N2O2.ClH/c1-3-21-16-12-13(2)4-6-15(16)19-17(20)7-5-14-8-10-18-11-9-14;/h4,6,12,14,18H,3,5,7-11H2,1-2H3,(H,19,20);1H. The highest BCUT2D eigenvalue weighted by Crippen LogP contribution is 2.26. The van der Waals surface area contributed by atoms with Crippen LogP contribution < -0.4 is 15.4 Å². The van der Waals surface area contributed by atoms with E-state index in [1.807, 2.05) is 32.0 Å². The van der Waals surface area contributed by atoms with Crippen LogP contribution in [0.3, 0.4) is 0 Å². The molecule has 1 aliphatic rings. The molecular formula is C17H27ClN2O2. The van der Waals surface area contributed by atoms with Crippen LogP contribution in [0.1, 0.15) is 38.2 Å². The number of hydrogen-bond acceptors (Lipinski definition) is 3. The van der Waals surface area contributed by atoms with Crippen molar-refractivity contribution in [2.75, 3.05) is 25.0 Å². The molecule has 4 nitrogen and oxygen atoms in total. The first kappa shape index (κ1) is 18.8. The van der Waals surface area contributed by atoms with E-state index < -0.39 is 0 Å². The lowest BCUT2D eigenvalue weighted by atomic mass is 9.93. The maximum atomic E-state index is 12.1. The number of ether oxygens (including phenoxy) is 1. The van der Waals surface area contributed by atoms with Crippen molar-refractivity contribution in [2.45, 2.75) is 39.5 Å². The fourth-order valence-electron chi connectivity index (χ4n) is 2.73. The molecule has 0 bridgehead atoms. The second-order valence-corrected chi connectivity index (χ2v) is 5.71. The Bertz CT molecular complexity index is 474. The number of piperidine rings is 1. The number of nitrogens with one attached hydrogen (secondary N) is 2. The second kappa shape index (κ2) is 9.70. The number of hydrogen-bond donors (Lipinski definition) is 2. The molecule has 0 spiro atoms. The van der Waals surface area contributed by atoms with Gasteiger partial charge < -0.3 is 15.4 Å². The van der Waals surface area contributed by atoms with E-state index in [-0.39, 0.29) is 18.3 Å². The first-order valence-electron chi connectivity index (χ1n) is 7.93. The van der Waals surface area contributed by atoms with Crippen molar-refractivity contribution in [1.82, 2.24) is 5.32 Å². The summed E-state index contributed by atoms with van der Waals surface area (Å²) in [6.07, 6.45) is 3.93. The van der Waals surface area contributed by atoms with Gasteiger partial charge in [-0.1, -0.05) is 6.07 Å². The number of halogens is 1. The maximum absolute atomic E-state index is 12.1. The summed E-state index contributed by atoms with van der Waals surface area (Å²) in [7, 11) is 0. The van der Waals surface area contributed by atoms with Gasteiger partial charge in [0.05, 0.1) is 12.3 Å². The van der Waals surface area contributed by atoms with Gasteiger partial charge in [0.2, 0.25) is 5.91 Å². The fourth-order valence-corrected chi connectivity index (χ4v) is 2.73. The molecule has 0 radical (unpaired) electrons. The summed E-state index contributed by atoms with van der Waals surface area (Å²) in [5.41, 5.74) is 1.91. The molecule has 22 heavy (non-hydrogen) atoms. The maximum Gasteiger partial charge on any atom is 0.224 e. The molecule has 1 fully saturated rings. The lowest BCUT2D eigenvalue weighted by Gasteiger charge is -2.22. The van der Waals surface area contributed by atoms with Crippen molar-refractivity contribution in [3.63, 3.8) is 0 Å². The van der Waals surface area contributed by atoms with Crippen molar-refractivity contribution in [1.29, 1.82) is 0 Å². The minimum absolute atomic E-state index is 0. The van der Waals surface area contributed by atoms with Crippen molar-refractivity contribution < 1.29 is 9.53 Å². The van der Waals surface area contributed by atoms with Crippen LogP contribution in [0.25, 0.3) is 0 Å². The molecule has 1 aromatic rings. The molecule has 0 aliphatic carbocycles. The molecule has 1 amide bonds. The van der Waals surface area contributed by atoms with E-state index in [0.29, 0.717) is 18.9 Å². The van der Waals surface area contributed by atoms with Gasteiger partial charge in [-0.05, 0) is 69.8 Å². The second-order valence-electron chi connectivity index (χ2n) is 5.71. The van der Waals surface area contributed by atoms with Crippen molar-refractivity contribution in [2.24, 2.45) is 5.92 Å². The summed E-state index contributed by atoms with van der Waals surface area (Å²) < 4.78 is 5.59. The van der Waals surface area contributed by atoms with E-state index in [9.17, 15) is 4.79 Å². The average molecular weight is 327 g/mol. The molecule has 0 aromatic heterocycles. The number of benzene rings is 1. The van der Waals surface area contributed by atoms with Gasteiger partial charge in [0, 0.05) is 6.42 Å². The Morgan fingerprint density at radius 1 is 1.36 bits per heavy atom. The van der Waals surface area contributed by atoms with Crippen LogP contribution in [-0.2, 0) is 4.79 Å². The molecular weight excluding hydrogens is 300 g/mol. The van der Waals surface area contributed by atoms with Crippen LogP contribution in [0, 0.1) is 12.8 Å². The van der Waals surface area contributed by atoms with Gasteiger partial charge in [-0.15, -0.1) is 12.4 Å². The van der Waals surface area contributed by atoms with Gasteiger partial charge >= 0.3 is 0 Å². The van der Waals surface area contributed by atoms with Crippen LogP contribution >= 0.6 is 12.4 Å². The summed E-state index contributed by atoms with van der Waals surface area (Å²) in [5.74, 6) is 1.52. The summed E-state index contributed by atoms with van der Waals surface area (Å²) in [6, 6.07) is 5.87. The largest absolute Gasteiger partial charge is 0.492 e. The van der Waals surface area contributed by atoms with Crippen molar-refractivity contribution >= 4 is 24.0 Å². The number of carbonyl (C=O) groups is 1. The smallest absolute Gasteiger partial charge is 0.224 e. The highest BCUT2D eigenvalue weighted by molar-refractivity contribution is 5.92. The van der Waals surface area contributed by atoms with Gasteiger partial charge in [-0.3, -0.25) is 4.79 Å². The Morgan fingerprint density at radius 3 is 2.77 bits per heavy atom. The number of aryl methyl sites for hydroxylation is 1. The topological polar surface area (TPSA) is 50.4 Å². The highest BCUT2D eigenvalue weighted by Gasteiger charge is 2.15. The number of amides is 1. The molecule has 0 unspecified atom stereocenters. The van der Waals surface area contributed by atoms with Gasteiger partial charge in [0.15, 0.2) is 0 Å². The zero-order valence-corrected chi connectivity index (χ0v) is 14.3. The van der Waals surface area contributed by atoms with Gasteiger partial charge in [-0.2, -0.15) is 0 Å². The SMILES string of the molecule is CCOc1cc(C)ccc1NC(=O)CCC1CCNCC1.Cl. The molecule has 1 aromatic carbocycles. The molecule has 2 N–H and O–H groups in total. The monoisotopic (exact) mass is 326 g/mol. The van der Waals surface area contributed by atoms with E-state index >= 15 is 0 Å². The first-order chi connectivity index (χ1) is 10.2. The zero-order chi connectivity index (χ0) is 15.1. The van der Waals surface area contributed by atoms with Gasteiger partial charge in [0.1, 0.15) is 5.75 Å². The van der Waals surface area contributed by atoms with Crippen LogP contribution in [0.15, 0.2) is 18.2 Å². The summed E-state index contributed by atoms with van der Waals surface area (Å²) >= 11 is 0. The fraction of sp³-hybridized carbons (Fsp3) is 0.588. The molecule has 0 saturated carbocycles. The van der Waals surface area contributed by atoms with E-state index in [2.05, 4.69) is 10.6 Å². The van der Waals surface area contributed by atoms with E-state index in [1.165, 1.54) is 12.8 Å².